The smallest absolute Gasteiger partial charge is 0.326 e. The van der Waals surface area contributed by atoms with Gasteiger partial charge in [-0.15, -0.1) is 0 Å². The summed E-state index contributed by atoms with van der Waals surface area (Å²) in [6.07, 6.45) is 4.80. The molecule has 9 nitrogen and oxygen atoms in total. The number of benzene rings is 2. The van der Waals surface area contributed by atoms with Crippen molar-refractivity contribution >= 4 is 28.6 Å². The first kappa shape index (κ1) is 22.1. The normalized spacial score (nSPS) is 10.9. The van der Waals surface area contributed by atoms with Crippen molar-refractivity contribution in [3.63, 3.8) is 0 Å². The minimum atomic E-state index is -0.466. The SMILES string of the molecule is O=C(Nc1ccc(-c2cc3c(-c4ccc(F)cc4)ncnc3[nH]2)cc1)Nc1cc(-c2cccnc2)no1. The van der Waals surface area contributed by atoms with Crippen LogP contribution in [0.2, 0.25) is 0 Å². The second kappa shape index (κ2) is 9.34. The van der Waals surface area contributed by atoms with Crippen LogP contribution in [-0.2, 0) is 0 Å². The van der Waals surface area contributed by atoms with Crippen molar-refractivity contribution in [3.05, 3.63) is 97.3 Å². The number of carbonyl (C=O) groups is 1. The Balaban J connectivity index is 1.16. The van der Waals surface area contributed by atoms with E-state index in [9.17, 15) is 9.18 Å². The molecule has 4 heterocycles. The quantitative estimate of drug-likeness (QED) is 0.267. The second-order valence-electron chi connectivity index (χ2n) is 8.15. The topological polar surface area (TPSA) is 122 Å². The van der Waals surface area contributed by atoms with E-state index < -0.39 is 6.03 Å². The lowest BCUT2D eigenvalue weighted by atomic mass is 10.1. The first-order chi connectivity index (χ1) is 18.1. The van der Waals surface area contributed by atoms with Crippen LogP contribution in [0.15, 0.2) is 96.0 Å². The summed E-state index contributed by atoms with van der Waals surface area (Å²) in [7, 11) is 0. The average molecular weight is 491 g/mol. The number of urea groups is 1. The molecule has 0 bridgehead atoms. The van der Waals surface area contributed by atoms with Gasteiger partial charge in [-0.3, -0.25) is 10.3 Å². The maximum absolute atomic E-state index is 13.3. The molecule has 6 aromatic rings. The Bertz CT molecular complexity index is 1700. The van der Waals surface area contributed by atoms with E-state index >= 15 is 0 Å². The molecule has 0 aliphatic heterocycles. The number of halogens is 1. The predicted octanol–water partition coefficient (Wildman–Crippen LogP) is 6.13. The molecular formula is C27H18FN7O2. The van der Waals surface area contributed by atoms with E-state index in [0.29, 0.717) is 22.7 Å². The van der Waals surface area contributed by atoms with Crippen molar-refractivity contribution in [2.24, 2.45) is 0 Å². The highest BCUT2D eigenvalue weighted by Crippen LogP contribution is 2.30. The molecule has 6 rings (SSSR count). The number of carbonyl (C=O) groups excluding carboxylic acids is 1. The van der Waals surface area contributed by atoms with Crippen LogP contribution in [-0.4, -0.2) is 31.1 Å². The van der Waals surface area contributed by atoms with Crippen molar-refractivity contribution in [1.82, 2.24) is 25.1 Å². The molecule has 0 spiro atoms. The van der Waals surface area contributed by atoms with Gasteiger partial charge in [0.25, 0.3) is 0 Å². The first-order valence-corrected chi connectivity index (χ1v) is 11.3. The molecule has 0 saturated heterocycles. The third kappa shape index (κ3) is 4.63. The van der Waals surface area contributed by atoms with Gasteiger partial charge in [-0.1, -0.05) is 17.3 Å². The zero-order valence-corrected chi connectivity index (χ0v) is 19.1. The second-order valence-corrected chi connectivity index (χ2v) is 8.15. The van der Waals surface area contributed by atoms with Crippen LogP contribution in [0.1, 0.15) is 0 Å². The number of anilines is 2. The molecule has 0 fully saturated rings. The summed E-state index contributed by atoms with van der Waals surface area (Å²) in [6.45, 7) is 0. The lowest BCUT2D eigenvalue weighted by Crippen LogP contribution is -2.18. The maximum Gasteiger partial charge on any atom is 0.326 e. The Hall–Kier alpha value is -5.38. The molecule has 37 heavy (non-hydrogen) atoms. The summed E-state index contributed by atoms with van der Waals surface area (Å²) in [5.74, 6) is -0.0920. The van der Waals surface area contributed by atoms with Crippen molar-refractivity contribution < 1.29 is 13.7 Å². The molecule has 3 N–H and O–H groups in total. The van der Waals surface area contributed by atoms with E-state index in [1.165, 1.54) is 18.5 Å². The number of aromatic amines is 1. The number of rotatable bonds is 5. The Morgan fingerprint density at radius 1 is 0.892 bits per heavy atom. The van der Waals surface area contributed by atoms with Crippen molar-refractivity contribution in [2.75, 3.05) is 10.6 Å². The van der Waals surface area contributed by atoms with E-state index in [1.54, 1.807) is 48.8 Å². The standard InChI is InChI=1S/C27H18FN7O2/c28-19-7-3-17(4-8-19)25-21-12-22(33-26(21)31-15-30-25)16-5-9-20(10-6-16)32-27(36)34-24-13-23(35-37-24)18-2-1-11-29-14-18/h1-15H,(H,30,31,33)(H2,32,34,36). The van der Waals surface area contributed by atoms with E-state index in [-0.39, 0.29) is 11.7 Å². The molecule has 2 aromatic carbocycles. The maximum atomic E-state index is 13.3. The lowest BCUT2D eigenvalue weighted by Gasteiger charge is -2.06. The number of pyridine rings is 1. The van der Waals surface area contributed by atoms with Gasteiger partial charge in [-0.05, 0) is 60.2 Å². The Kier molecular flexibility index (Phi) is 5.58. The summed E-state index contributed by atoms with van der Waals surface area (Å²) in [6, 6.07) is 20.3. The number of hydrogen-bond donors (Lipinski definition) is 3. The highest BCUT2D eigenvalue weighted by molar-refractivity contribution is 5.99. The summed E-state index contributed by atoms with van der Waals surface area (Å²) in [5, 5.41) is 10.2. The van der Waals surface area contributed by atoms with E-state index in [2.05, 4.69) is 35.7 Å². The van der Waals surface area contributed by atoms with Crippen LogP contribution in [0.25, 0.3) is 44.8 Å². The third-order valence-corrected chi connectivity index (χ3v) is 5.70. The first-order valence-electron chi connectivity index (χ1n) is 11.3. The molecule has 0 radical (unpaired) electrons. The monoisotopic (exact) mass is 491 g/mol. The van der Waals surface area contributed by atoms with Crippen molar-refractivity contribution in [1.29, 1.82) is 0 Å². The van der Waals surface area contributed by atoms with Gasteiger partial charge < -0.3 is 14.8 Å². The van der Waals surface area contributed by atoms with Gasteiger partial charge in [0.05, 0.1) is 5.69 Å². The molecular weight excluding hydrogens is 473 g/mol. The van der Waals surface area contributed by atoms with Gasteiger partial charge >= 0.3 is 6.03 Å². The summed E-state index contributed by atoms with van der Waals surface area (Å²) < 4.78 is 18.5. The van der Waals surface area contributed by atoms with Gasteiger partial charge in [-0.25, -0.2) is 19.2 Å². The van der Waals surface area contributed by atoms with Gasteiger partial charge in [0.2, 0.25) is 5.88 Å². The minimum absolute atomic E-state index is 0.212. The number of amides is 2. The lowest BCUT2D eigenvalue weighted by molar-refractivity contribution is 0.261. The molecule has 4 aromatic heterocycles. The molecule has 0 unspecified atom stereocenters. The Labute approximate surface area is 209 Å². The molecule has 0 aliphatic carbocycles. The Morgan fingerprint density at radius 3 is 2.49 bits per heavy atom. The number of nitrogens with zero attached hydrogens (tertiary/aromatic N) is 4. The number of fused-ring (bicyclic) bond motifs is 1. The van der Waals surface area contributed by atoms with E-state index in [0.717, 1.165) is 27.8 Å². The zero-order valence-electron chi connectivity index (χ0n) is 19.1. The van der Waals surface area contributed by atoms with Crippen molar-refractivity contribution in [2.45, 2.75) is 0 Å². The summed E-state index contributed by atoms with van der Waals surface area (Å²) >= 11 is 0. The number of aromatic nitrogens is 5. The van der Waals surface area contributed by atoms with Crippen LogP contribution < -0.4 is 10.6 Å². The van der Waals surface area contributed by atoms with Gasteiger partial charge in [0.1, 0.15) is 23.5 Å². The third-order valence-electron chi connectivity index (χ3n) is 5.70. The largest absolute Gasteiger partial charge is 0.339 e. The number of H-pyrrole nitrogens is 1. The summed E-state index contributed by atoms with van der Waals surface area (Å²) in [5.41, 5.74) is 5.84. The minimum Gasteiger partial charge on any atom is -0.339 e. The Morgan fingerprint density at radius 2 is 1.70 bits per heavy atom. The fraction of sp³-hybridized carbons (Fsp3) is 0. The van der Waals surface area contributed by atoms with Crippen LogP contribution in [0.3, 0.4) is 0 Å². The van der Waals surface area contributed by atoms with Crippen LogP contribution >= 0.6 is 0 Å². The zero-order chi connectivity index (χ0) is 25.2. The summed E-state index contributed by atoms with van der Waals surface area (Å²) in [4.78, 5) is 28.5. The fourth-order valence-corrected chi connectivity index (χ4v) is 3.92. The molecule has 180 valence electrons. The predicted molar refractivity (Wildman–Crippen MR) is 137 cm³/mol. The van der Waals surface area contributed by atoms with Gasteiger partial charge in [0.15, 0.2) is 0 Å². The highest BCUT2D eigenvalue weighted by Gasteiger charge is 2.13. The van der Waals surface area contributed by atoms with E-state index in [1.807, 2.05) is 24.3 Å². The average Bonchev–Trinajstić information content (AvgIpc) is 3.57. The molecule has 0 aliphatic rings. The van der Waals surface area contributed by atoms with Crippen LogP contribution in [0.5, 0.6) is 0 Å². The highest BCUT2D eigenvalue weighted by atomic mass is 19.1. The fourth-order valence-electron chi connectivity index (χ4n) is 3.92. The number of hydrogen-bond acceptors (Lipinski definition) is 6. The molecule has 10 heteroatoms. The van der Waals surface area contributed by atoms with Gasteiger partial charge in [-0.2, -0.15) is 0 Å². The van der Waals surface area contributed by atoms with E-state index in [4.69, 9.17) is 4.52 Å². The van der Waals surface area contributed by atoms with Gasteiger partial charge in [0, 0.05) is 46.4 Å². The van der Waals surface area contributed by atoms with Crippen LogP contribution in [0, 0.1) is 5.82 Å². The van der Waals surface area contributed by atoms with Crippen LogP contribution in [0.4, 0.5) is 20.8 Å². The molecule has 2 amide bonds. The number of nitrogens with one attached hydrogen (secondary N) is 3. The molecule has 0 atom stereocenters. The molecule has 0 saturated carbocycles. The van der Waals surface area contributed by atoms with Crippen molar-refractivity contribution in [3.8, 4) is 33.8 Å².